The topological polar surface area (TPSA) is 30.5 Å². The lowest BCUT2D eigenvalue weighted by molar-refractivity contribution is 0.0370. The summed E-state index contributed by atoms with van der Waals surface area (Å²) in [5.41, 5.74) is 1.58. The third-order valence-electron chi connectivity index (χ3n) is 5.08. The number of hydrogen-bond donors (Lipinski definition) is 1. The SMILES string of the molecule is CCCNCC1(CC2Cc3ccccc3O2)CCOC1C. The summed E-state index contributed by atoms with van der Waals surface area (Å²) in [6.45, 7) is 7.45. The molecule has 1 aromatic rings. The first kappa shape index (κ1) is 14.9. The van der Waals surface area contributed by atoms with Crippen LogP contribution in [0.15, 0.2) is 24.3 Å². The molecule has 0 amide bonds. The van der Waals surface area contributed by atoms with Crippen molar-refractivity contribution in [1.29, 1.82) is 0 Å². The van der Waals surface area contributed by atoms with Crippen LogP contribution >= 0.6 is 0 Å². The van der Waals surface area contributed by atoms with Crippen molar-refractivity contribution in [1.82, 2.24) is 5.32 Å². The van der Waals surface area contributed by atoms with E-state index in [2.05, 4.69) is 43.4 Å². The van der Waals surface area contributed by atoms with Crippen LogP contribution in [0, 0.1) is 5.41 Å². The highest BCUT2D eigenvalue weighted by atomic mass is 16.5. The van der Waals surface area contributed by atoms with E-state index in [4.69, 9.17) is 9.47 Å². The Labute approximate surface area is 128 Å². The molecule has 2 aliphatic heterocycles. The maximum Gasteiger partial charge on any atom is 0.123 e. The first-order chi connectivity index (χ1) is 10.2. The maximum absolute atomic E-state index is 6.17. The van der Waals surface area contributed by atoms with Gasteiger partial charge in [-0.3, -0.25) is 0 Å². The Kier molecular flexibility index (Phi) is 4.51. The predicted molar refractivity (Wildman–Crippen MR) is 84.8 cm³/mol. The Balaban J connectivity index is 1.66. The maximum atomic E-state index is 6.17. The Morgan fingerprint density at radius 2 is 2.19 bits per heavy atom. The van der Waals surface area contributed by atoms with E-state index in [1.807, 2.05) is 0 Å². The van der Waals surface area contributed by atoms with Crippen molar-refractivity contribution in [3.05, 3.63) is 29.8 Å². The minimum absolute atomic E-state index is 0.224. The fourth-order valence-electron chi connectivity index (χ4n) is 3.73. The van der Waals surface area contributed by atoms with Crippen molar-refractivity contribution >= 4 is 0 Å². The van der Waals surface area contributed by atoms with E-state index in [1.54, 1.807) is 0 Å². The van der Waals surface area contributed by atoms with Crippen molar-refractivity contribution in [3.8, 4) is 5.75 Å². The molecule has 0 aliphatic carbocycles. The highest BCUT2D eigenvalue weighted by molar-refractivity contribution is 5.37. The molecule has 1 saturated heterocycles. The first-order valence-electron chi connectivity index (χ1n) is 8.30. The van der Waals surface area contributed by atoms with Gasteiger partial charge in [0.25, 0.3) is 0 Å². The van der Waals surface area contributed by atoms with Crippen molar-refractivity contribution in [2.75, 3.05) is 19.7 Å². The van der Waals surface area contributed by atoms with Gasteiger partial charge in [0.1, 0.15) is 11.9 Å². The fraction of sp³-hybridized carbons (Fsp3) is 0.667. The number of hydrogen-bond acceptors (Lipinski definition) is 3. The second-order valence-corrected chi connectivity index (χ2v) is 6.56. The largest absolute Gasteiger partial charge is 0.490 e. The van der Waals surface area contributed by atoms with Gasteiger partial charge < -0.3 is 14.8 Å². The zero-order valence-electron chi connectivity index (χ0n) is 13.2. The number of rotatable bonds is 6. The van der Waals surface area contributed by atoms with Gasteiger partial charge in [-0.2, -0.15) is 0 Å². The standard InChI is InChI=1S/C18H27NO2/c1-3-9-19-13-18(8-10-20-14(18)2)12-16-11-15-6-4-5-7-17(15)21-16/h4-7,14,16,19H,3,8-13H2,1-2H3. The lowest BCUT2D eigenvalue weighted by Crippen LogP contribution is -2.43. The monoisotopic (exact) mass is 289 g/mol. The van der Waals surface area contributed by atoms with Gasteiger partial charge in [0.15, 0.2) is 0 Å². The van der Waals surface area contributed by atoms with E-state index >= 15 is 0 Å². The van der Waals surface area contributed by atoms with Crippen LogP contribution < -0.4 is 10.1 Å². The van der Waals surface area contributed by atoms with Gasteiger partial charge in [0.05, 0.1) is 6.10 Å². The molecule has 3 heteroatoms. The normalized spacial score (nSPS) is 31.1. The Morgan fingerprint density at radius 1 is 1.33 bits per heavy atom. The molecule has 3 nitrogen and oxygen atoms in total. The minimum Gasteiger partial charge on any atom is -0.490 e. The van der Waals surface area contributed by atoms with Crippen molar-refractivity contribution < 1.29 is 9.47 Å². The van der Waals surface area contributed by atoms with E-state index in [0.29, 0.717) is 12.2 Å². The fourth-order valence-corrected chi connectivity index (χ4v) is 3.73. The van der Waals surface area contributed by atoms with Gasteiger partial charge in [0, 0.05) is 25.0 Å². The van der Waals surface area contributed by atoms with Crippen LogP contribution in [0.4, 0.5) is 0 Å². The molecule has 116 valence electrons. The average molecular weight is 289 g/mol. The molecule has 2 aliphatic rings. The molecule has 1 N–H and O–H groups in total. The van der Waals surface area contributed by atoms with Gasteiger partial charge in [-0.15, -0.1) is 0 Å². The summed E-state index contributed by atoms with van der Waals surface area (Å²) in [5.74, 6) is 1.07. The van der Waals surface area contributed by atoms with Crippen molar-refractivity contribution in [2.24, 2.45) is 5.41 Å². The van der Waals surface area contributed by atoms with Gasteiger partial charge >= 0.3 is 0 Å². The van der Waals surface area contributed by atoms with E-state index in [1.165, 1.54) is 12.0 Å². The Bertz CT molecular complexity index is 451. The van der Waals surface area contributed by atoms with Crippen molar-refractivity contribution in [2.45, 2.75) is 51.7 Å². The molecule has 0 radical (unpaired) electrons. The molecule has 21 heavy (non-hydrogen) atoms. The molecule has 0 saturated carbocycles. The molecule has 0 bridgehead atoms. The summed E-state index contributed by atoms with van der Waals surface area (Å²) in [5, 5.41) is 3.61. The molecule has 0 aromatic heterocycles. The smallest absolute Gasteiger partial charge is 0.123 e. The van der Waals surface area contributed by atoms with Crippen LogP contribution in [-0.2, 0) is 11.2 Å². The summed E-state index contributed by atoms with van der Waals surface area (Å²) in [4.78, 5) is 0. The molecule has 0 spiro atoms. The zero-order valence-corrected chi connectivity index (χ0v) is 13.2. The van der Waals surface area contributed by atoms with Crippen molar-refractivity contribution in [3.63, 3.8) is 0 Å². The summed E-state index contributed by atoms with van der Waals surface area (Å²) in [7, 11) is 0. The number of nitrogens with one attached hydrogen (secondary N) is 1. The quantitative estimate of drug-likeness (QED) is 0.816. The molecule has 1 aromatic carbocycles. The number of benzene rings is 1. The van der Waals surface area contributed by atoms with Crippen LogP contribution in [0.1, 0.15) is 38.7 Å². The highest BCUT2D eigenvalue weighted by Gasteiger charge is 2.44. The Morgan fingerprint density at radius 3 is 2.90 bits per heavy atom. The molecule has 3 unspecified atom stereocenters. The van der Waals surface area contributed by atoms with Crippen LogP contribution in [0.2, 0.25) is 0 Å². The lowest BCUT2D eigenvalue weighted by atomic mass is 9.76. The van der Waals surface area contributed by atoms with Gasteiger partial charge in [0.2, 0.25) is 0 Å². The molecule has 2 heterocycles. The van der Waals surface area contributed by atoms with Crippen LogP contribution in [0.3, 0.4) is 0 Å². The number of ether oxygens (including phenoxy) is 2. The third kappa shape index (κ3) is 3.09. The second kappa shape index (κ2) is 6.37. The molecular formula is C18H27NO2. The minimum atomic E-state index is 0.224. The van der Waals surface area contributed by atoms with E-state index in [9.17, 15) is 0 Å². The molecule has 3 rings (SSSR count). The summed E-state index contributed by atoms with van der Waals surface area (Å²) < 4.78 is 12.1. The highest BCUT2D eigenvalue weighted by Crippen LogP contribution is 2.42. The zero-order chi connectivity index (χ0) is 14.7. The molecule has 3 atom stereocenters. The summed E-state index contributed by atoms with van der Waals surface area (Å²) in [6.07, 6.45) is 5.06. The van der Waals surface area contributed by atoms with Crippen LogP contribution in [0.5, 0.6) is 5.75 Å². The van der Waals surface area contributed by atoms with Gasteiger partial charge in [-0.1, -0.05) is 25.1 Å². The van der Waals surface area contributed by atoms with Gasteiger partial charge in [-0.05, 0) is 44.4 Å². The van der Waals surface area contributed by atoms with E-state index in [-0.39, 0.29) is 5.41 Å². The van der Waals surface area contributed by atoms with Crippen LogP contribution in [-0.4, -0.2) is 31.9 Å². The van der Waals surface area contributed by atoms with Gasteiger partial charge in [-0.25, -0.2) is 0 Å². The lowest BCUT2D eigenvalue weighted by Gasteiger charge is -2.34. The first-order valence-corrected chi connectivity index (χ1v) is 8.30. The van der Waals surface area contributed by atoms with E-state index < -0.39 is 0 Å². The molecular weight excluding hydrogens is 262 g/mol. The summed E-state index contributed by atoms with van der Waals surface area (Å²) in [6, 6.07) is 8.43. The van der Waals surface area contributed by atoms with E-state index in [0.717, 1.165) is 44.7 Å². The predicted octanol–water partition coefficient (Wildman–Crippen LogP) is 3.18. The number of para-hydroxylation sites is 1. The third-order valence-corrected chi connectivity index (χ3v) is 5.08. The average Bonchev–Trinajstić information content (AvgIpc) is 3.03. The molecule has 1 fully saturated rings. The Hall–Kier alpha value is -1.06. The second-order valence-electron chi connectivity index (χ2n) is 6.56. The van der Waals surface area contributed by atoms with Crippen LogP contribution in [0.25, 0.3) is 0 Å². The number of fused-ring (bicyclic) bond motifs is 1. The summed E-state index contributed by atoms with van der Waals surface area (Å²) >= 11 is 0.